The highest BCUT2D eigenvalue weighted by atomic mass is 35.7. The van der Waals surface area contributed by atoms with Crippen molar-refractivity contribution in [1.82, 2.24) is 0 Å². The van der Waals surface area contributed by atoms with Crippen LogP contribution in [0, 0.1) is 0 Å². The van der Waals surface area contributed by atoms with Gasteiger partial charge < -0.3 is 0 Å². The summed E-state index contributed by atoms with van der Waals surface area (Å²) in [7, 11) is 1.26. The zero-order valence-electron chi connectivity index (χ0n) is 8.20. The van der Waals surface area contributed by atoms with E-state index in [0.717, 1.165) is 6.07 Å². The number of carbonyl (C=O) groups excluding carboxylic acids is 1. The molecule has 0 atom stereocenters. The van der Waals surface area contributed by atoms with Crippen LogP contribution in [0.2, 0.25) is 0 Å². The molecule has 0 N–H and O–H groups in total. The third-order valence-electron chi connectivity index (χ3n) is 1.34. The average molecular weight is 269 g/mol. The van der Waals surface area contributed by atoms with Crippen molar-refractivity contribution in [3.05, 3.63) is 29.8 Å². The van der Waals surface area contributed by atoms with Crippen LogP contribution in [0.15, 0.2) is 29.2 Å². The molecule has 0 aliphatic rings. The van der Waals surface area contributed by atoms with Gasteiger partial charge in [-0.05, 0) is 23.7 Å². The highest BCUT2D eigenvalue weighted by Crippen LogP contribution is 2.16. The van der Waals surface area contributed by atoms with E-state index in [2.05, 4.69) is 0 Å². The van der Waals surface area contributed by atoms with E-state index in [-0.39, 0.29) is 10.5 Å². The van der Waals surface area contributed by atoms with Crippen molar-refractivity contribution in [2.45, 2.75) is 18.7 Å². The maximum atomic E-state index is 10.8. The first-order chi connectivity index (χ1) is 6.91. The van der Waals surface area contributed by atoms with E-state index in [1.807, 2.05) is 13.8 Å². The predicted molar refractivity (Wildman–Crippen MR) is 61.0 cm³/mol. The van der Waals surface area contributed by atoms with Crippen molar-refractivity contribution in [3.63, 3.8) is 0 Å². The summed E-state index contributed by atoms with van der Waals surface area (Å²) in [5.74, 6) is 0. The Morgan fingerprint density at radius 2 is 1.80 bits per heavy atom. The molecule has 0 spiro atoms. The molecule has 3 nitrogen and oxygen atoms in total. The van der Waals surface area contributed by atoms with Gasteiger partial charge in [-0.15, -0.1) is 0 Å². The molecule has 0 aliphatic carbocycles. The van der Waals surface area contributed by atoms with Crippen molar-refractivity contribution < 1.29 is 13.2 Å². The Kier molecular flexibility index (Phi) is 5.87. The normalized spacial score (nSPS) is 10.1. The Hall–Kier alpha value is -0.580. The number of halogens is 2. The number of hydrogen-bond acceptors (Lipinski definition) is 3. The van der Waals surface area contributed by atoms with Gasteiger partial charge in [0.05, 0.1) is 4.90 Å². The topological polar surface area (TPSA) is 51.2 Å². The molecule has 6 heteroatoms. The number of carbonyl (C=O) groups is 1. The van der Waals surface area contributed by atoms with Crippen LogP contribution < -0.4 is 0 Å². The molecule has 84 valence electrons. The SMILES string of the molecule is CC.O=C(Cl)c1cccc(S(=O)(=O)Cl)c1. The van der Waals surface area contributed by atoms with Crippen molar-refractivity contribution in [3.8, 4) is 0 Å². The van der Waals surface area contributed by atoms with Gasteiger partial charge in [-0.3, -0.25) is 4.79 Å². The maximum absolute atomic E-state index is 10.8. The van der Waals surface area contributed by atoms with Gasteiger partial charge in [-0.1, -0.05) is 26.0 Å². The summed E-state index contributed by atoms with van der Waals surface area (Å²) in [5.41, 5.74) is 0.100. The van der Waals surface area contributed by atoms with Crippen LogP contribution in [0.25, 0.3) is 0 Å². The lowest BCUT2D eigenvalue weighted by Crippen LogP contribution is -1.94. The molecular formula is C9H10Cl2O3S. The summed E-state index contributed by atoms with van der Waals surface area (Å²) in [6.45, 7) is 4.00. The number of hydrogen-bond donors (Lipinski definition) is 0. The Bertz CT molecular complexity index is 440. The van der Waals surface area contributed by atoms with Crippen molar-refractivity contribution in [2.24, 2.45) is 0 Å². The van der Waals surface area contributed by atoms with Crippen molar-refractivity contribution >= 4 is 36.6 Å². The lowest BCUT2D eigenvalue weighted by atomic mass is 10.2. The second-order valence-corrected chi connectivity index (χ2v) is 5.15. The Morgan fingerprint density at radius 1 is 1.27 bits per heavy atom. The molecule has 0 amide bonds. The van der Waals surface area contributed by atoms with Crippen LogP contribution >= 0.6 is 22.3 Å². The largest absolute Gasteiger partial charge is 0.276 e. The van der Waals surface area contributed by atoms with Gasteiger partial charge in [0, 0.05) is 16.2 Å². The van der Waals surface area contributed by atoms with E-state index in [4.69, 9.17) is 22.3 Å². The summed E-state index contributed by atoms with van der Waals surface area (Å²) in [4.78, 5) is 10.5. The Balaban J connectivity index is 0.000000921. The summed E-state index contributed by atoms with van der Waals surface area (Å²) in [6.07, 6.45) is 0. The van der Waals surface area contributed by atoms with Gasteiger partial charge in [0.1, 0.15) is 0 Å². The first kappa shape index (κ1) is 14.4. The molecule has 0 heterocycles. The summed E-state index contributed by atoms with van der Waals surface area (Å²) >= 11 is 5.15. The summed E-state index contributed by atoms with van der Waals surface area (Å²) in [5, 5.41) is -0.720. The third kappa shape index (κ3) is 4.64. The molecule has 0 aromatic heterocycles. The third-order valence-corrected chi connectivity index (χ3v) is 2.91. The fourth-order valence-electron chi connectivity index (χ4n) is 0.770. The summed E-state index contributed by atoms with van der Waals surface area (Å²) < 4.78 is 21.6. The second-order valence-electron chi connectivity index (χ2n) is 2.24. The van der Waals surface area contributed by atoms with Crippen LogP contribution in [0.3, 0.4) is 0 Å². The zero-order chi connectivity index (χ0) is 12.1. The monoisotopic (exact) mass is 268 g/mol. The van der Waals surface area contributed by atoms with Crippen LogP contribution in [0.4, 0.5) is 0 Å². The fraction of sp³-hybridized carbons (Fsp3) is 0.222. The lowest BCUT2D eigenvalue weighted by molar-refractivity contribution is 0.108. The quantitative estimate of drug-likeness (QED) is 0.775. The highest BCUT2D eigenvalue weighted by molar-refractivity contribution is 8.13. The molecular weight excluding hydrogens is 259 g/mol. The molecule has 0 saturated carbocycles. The molecule has 0 aliphatic heterocycles. The first-order valence-corrected chi connectivity index (χ1v) is 6.84. The zero-order valence-corrected chi connectivity index (χ0v) is 10.5. The molecule has 1 aromatic rings. The van der Waals surface area contributed by atoms with Crippen molar-refractivity contribution in [2.75, 3.05) is 0 Å². The average Bonchev–Trinajstić information content (AvgIpc) is 2.20. The molecule has 1 rings (SSSR count). The lowest BCUT2D eigenvalue weighted by Gasteiger charge is -1.97. The van der Waals surface area contributed by atoms with Gasteiger partial charge in [0.25, 0.3) is 14.3 Å². The van der Waals surface area contributed by atoms with Gasteiger partial charge in [0.15, 0.2) is 0 Å². The van der Waals surface area contributed by atoms with Crippen LogP contribution in [0.1, 0.15) is 24.2 Å². The van der Waals surface area contributed by atoms with Crippen LogP contribution in [-0.2, 0) is 9.05 Å². The van der Waals surface area contributed by atoms with Gasteiger partial charge in [0.2, 0.25) is 0 Å². The van der Waals surface area contributed by atoms with Gasteiger partial charge in [-0.2, -0.15) is 0 Å². The van der Waals surface area contributed by atoms with E-state index in [0.29, 0.717) is 0 Å². The molecule has 15 heavy (non-hydrogen) atoms. The minimum absolute atomic E-state index is 0.100. The van der Waals surface area contributed by atoms with E-state index >= 15 is 0 Å². The molecule has 0 bridgehead atoms. The summed E-state index contributed by atoms with van der Waals surface area (Å²) in [6, 6.07) is 5.20. The Labute approximate surface area is 98.4 Å². The van der Waals surface area contributed by atoms with Crippen LogP contribution in [0.5, 0.6) is 0 Å². The molecule has 0 fully saturated rings. The van der Waals surface area contributed by atoms with Gasteiger partial charge >= 0.3 is 0 Å². The highest BCUT2D eigenvalue weighted by Gasteiger charge is 2.11. The molecule has 0 saturated heterocycles. The standard InChI is InChI=1S/C7H4Cl2O3S.C2H6/c8-7(10)5-2-1-3-6(4-5)13(9,11)12;1-2/h1-4H;1-2H3. The number of benzene rings is 1. The predicted octanol–water partition coefficient (Wildman–Crippen LogP) is 3.02. The fourth-order valence-corrected chi connectivity index (χ4v) is 1.68. The van der Waals surface area contributed by atoms with E-state index in [1.165, 1.54) is 18.2 Å². The van der Waals surface area contributed by atoms with E-state index < -0.39 is 14.3 Å². The maximum Gasteiger partial charge on any atom is 0.261 e. The molecule has 0 radical (unpaired) electrons. The minimum Gasteiger partial charge on any atom is -0.276 e. The van der Waals surface area contributed by atoms with E-state index in [9.17, 15) is 13.2 Å². The van der Waals surface area contributed by atoms with E-state index in [1.54, 1.807) is 0 Å². The van der Waals surface area contributed by atoms with Crippen molar-refractivity contribution in [1.29, 1.82) is 0 Å². The van der Waals surface area contributed by atoms with Gasteiger partial charge in [-0.25, -0.2) is 8.42 Å². The minimum atomic E-state index is -3.80. The first-order valence-electron chi connectivity index (χ1n) is 4.16. The number of rotatable bonds is 2. The molecule has 0 unspecified atom stereocenters. The Morgan fingerprint density at radius 3 is 2.20 bits per heavy atom. The van der Waals surface area contributed by atoms with Crippen LogP contribution in [-0.4, -0.2) is 13.7 Å². The second kappa shape index (κ2) is 6.10. The smallest absolute Gasteiger partial charge is 0.261 e. The molecule has 1 aromatic carbocycles.